The quantitative estimate of drug-likeness (QED) is 0.417. The van der Waals surface area contributed by atoms with Gasteiger partial charge in [0.25, 0.3) is 0 Å². The molecule has 0 aliphatic carbocycles. The van der Waals surface area contributed by atoms with Crippen LogP contribution in [0.25, 0.3) is 33.7 Å². The number of hydrogen-bond donors (Lipinski definition) is 2. The summed E-state index contributed by atoms with van der Waals surface area (Å²) >= 11 is 0. The van der Waals surface area contributed by atoms with E-state index in [2.05, 4.69) is 46.1 Å². The molecule has 3 heterocycles. The number of fused-ring (bicyclic) bond motifs is 1. The van der Waals surface area contributed by atoms with Crippen LogP contribution >= 0.6 is 0 Å². The van der Waals surface area contributed by atoms with Crippen LogP contribution in [0.15, 0.2) is 42.9 Å². The molecule has 0 saturated heterocycles. The van der Waals surface area contributed by atoms with Gasteiger partial charge in [-0.3, -0.25) is 9.48 Å². The Labute approximate surface area is 192 Å². The van der Waals surface area contributed by atoms with Gasteiger partial charge in [-0.05, 0) is 36.0 Å². The van der Waals surface area contributed by atoms with Gasteiger partial charge in [0, 0.05) is 43.5 Å². The summed E-state index contributed by atoms with van der Waals surface area (Å²) in [4.78, 5) is 24.4. The Morgan fingerprint density at radius 2 is 2.03 bits per heavy atom. The highest BCUT2D eigenvalue weighted by molar-refractivity contribution is 5.91. The molecular formula is C25H29FN6O. The van der Waals surface area contributed by atoms with Crippen molar-refractivity contribution in [2.75, 3.05) is 0 Å². The molecule has 1 amide bonds. The van der Waals surface area contributed by atoms with Crippen LogP contribution in [-0.2, 0) is 18.4 Å². The van der Waals surface area contributed by atoms with E-state index >= 15 is 0 Å². The molecule has 0 aliphatic heterocycles. The molecule has 2 N–H and O–H groups in total. The second-order valence-electron chi connectivity index (χ2n) is 9.54. The lowest BCUT2D eigenvalue weighted by atomic mass is 9.90. The average Bonchev–Trinajstić information content (AvgIpc) is 3.37. The highest BCUT2D eigenvalue weighted by atomic mass is 19.1. The SMILES string of the molecule is Cn1cc(-c2nc3c(-c4ccc(CNC(=O)CCCC(C)(C)C)c(F)c4)ccnc3[nH]2)cn1. The van der Waals surface area contributed by atoms with Crippen molar-refractivity contribution in [1.82, 2.24) is 30.0 Å². The van der Waals surface area contributed by atoms with E-state index in [1.54, 1.807) is 23.1 Å². The van der Waals surface area contributed by atoms with Crippen LogP contribution in [0.1, 0.15) is 45.6 Å². The lowest BCUT2D eigenvalue weighted by Crippen LogP contribution is -2.23. The highest BCUT2D eigenvalue weighted by Crippen LogP contribution is 2.29. The maximum Gasteiger partial charge on any atom is 0.220 e. The van der Waals surface area contributed by atoms with Gasteiger partial charge in [0.1, 0.15) is 17.2 Å². The van der Waals surface area contributed by atoms with Crippen LogP contribution in [0.3, 0.4) is 0 Å². The number of rotatable bonds is 7. The molecular weight excluding hydrogens is 419 g/mol. The molecule has 0 radical (unpaired) electrons. The van der Waals surface area contributed by atoms with Gasteiger partial charge in [0.2, 0.25) is 5.91 Å². The zero-order chi connectivity index (χ0) is 23.6. The highest BCUT2D eigenvalue weighted by Gasteiger charge is 2.15. The van der Waals surface area contributed by atoms with Gasteiger partial charge in [-0.15, -0.1) is 0 Å². The van der Waals surface area contributed by atoms with Crippen molar-refractivity contribution in [3.05, 3.63) is 54.2 Å². The Morgan fingerprint density at radius 1 is 1.21 bits per heavy atom. The normalized spacial score (nSPS) is 11.8. The minimum atomic E-state index is -0.365. The zero-order valence-electron chi connectivity index (χ0n) is 19.4. The van der Waals surface area contributed by atoms with Gasteiger partial charge in [-0.1, -0.05) is 32.9 Å². The molecule has 0 fully saturated rings. The topological polar surface area (TPSA) is 88.5 Å². The molecule has 172 valence electrons. The molecule has 0 atom stereocenters. The van der Waals surface area contributed by atoms with Gasteiger partial charge >= 0.3 is 0 Å². The van der Waals surface area contributed by atoms with Crippen molar-refractivity contribution >= 4 is 17.1 Å². The first-order valence-corrected chi connectivity index (χ1v) is 11.1. The minimum Gasteiger partial charge on any atom is -0.352 e. The van der Waals surface area contributed by atoms with Crippen LogP contribution in [0, 0.1) is 11.2 Å². The van der Waals surface area contributed by atoms with Crippen molar-refractivity contribution in [1.29, 1.82) is 0 Å². The predicted molar refractivity (Wildman–Crippen MR) is 127 cm³/mol. The van der Waals surface area contributed by atoms with E-state index in [9.17, 15) is 9.18 Å². The molecule has 7 nitrogen and oxygen atoms in total. The Kier molecular flexibility index (Phi) is 6.26. The number of benzene rings is 1. The molecule has 33 heavy (non-hydrogen) atoms. The van der Waals surface area contributed by atoms with E-state index < -0.39 is 0 Å². The number of halogens is 1. The summed E-state index contributed by atoms with van der Waals surface area (Å²) in [6.07, 6.45) is 7.50. The summed E-state index contributed by atoms with van der Waals surface area (Å²) in [6, 6.07) is 6.86. The fraction of sp³-hybridized carbons (Fsp3) is 0.360. The van der Waals surface area contributed by atoms with E-state index in [0.29, 0.717) is 34.5 Å². The maximum absolute atomic E-state index is 14.9. The van der Waals surface area contributed by atoms with Crippen molar-refractivity contribution in [3.8, 4) is 22.5 Å². The molecule has 0 spiro atoms. The first-order chi connectivity index (χ1) is 15.7. The number of pyridine rings is 1. The predicted octanol–water partition coefficient (Wildman–Crippen LogP) is 5.00. The summed E-state index contributed by atoms with van der Waals surface area (Å²) in [7, 11) is 1.84. The number of aromatic nitrogens is 5. The largest absolute Gasteiger partial charge is 0.352 e. The third-order valence-corrected chi connectivity index (χ3v) is 5.53. The Bertz CT molecular complexity index is 1280. The van der Waals surface area contributed by atoms with E-state index in [4.69, 9.17) is 0 Å². The van der Waals surface area contributed by atoms with Crippen LogP contribution in [0.2, 0.25) is 0 Å². The van der Waals surface area contributed by atoms with Crippen LogP contribution in [-0.4, -0.2) is 30.6 Å². The summed E-state index contributed by atoms with van der Waals surface area (Å²) in [6.45, 7) is 6.63. The number of hydrogen-bond acceptors (Lipinski definition) is 4. The number of H-pyrrole nitrogens is 1. The number of aryl methyl sites for hydroxylation is 1. The molecule has 4 rings (SSSR count). The minimum absolute atomic E-state index is 0.0574. The van der Waals surface area contributed by atoms with Crippen molar-refractivity contribution in [2.45, 2.75) is 46.6 Å². The number of imidazole rings is 1. The van der Waals surface area contributed by atoms with Gasteiger partial charge in [0.05, 0.1) is 11.8 Å². The lowest BCUT2D eigenvalue weighted by molar-refractivity contribution is -0.121. The first kappa shape index (κ1) is 22.6. The van der Waals surface area contributed by atoms with E-state index in [1.165, 1.54) is 6.07 Å². The monoisotopic (exact) mass is 448 g/mol. The van der Waals surface area contributed by atoms with Crippen molar-refractivity contribution in [2.24, 2.45) is 12.5 Å². The third-order valence-electron chi connectivity index (χ3n) is 5.53. The van der Waals surface area contributed by atoms with Crippen LogP contribution in [0.4, 0.5) is 4.39 Å². The second kappa shape index (κ2) is 9.13. The zero-order valence-corrected chi connectivity index (χ0v) is 19.4. The fourth-order valence-corrected chi connectivity index (χ4v) is 3.74. The molecule has 0 unspecified atom stereocenters. The fourth-order valence-electron chi connectivity index (χ4n) is 3.74. The average molecular weight is 449 g/mol. The molecule has 0 saturated carbocycles. The van der Waals surface area contributed by atoms with Crippen molar-refractivity contribution in [3.63, 3.8) is 0 Å². The molecule has 4 aromatic rings. The van der Waals surface area contributed by atoms with Gasteiger partial charge in [0.15, 0.2) is 5.65 Å². The van der Waals surface area contributed by atoms with E-state index in [-0.39, 0.29) is 23.7 Å². The smallest absolute Gasteiger partial charge is 0.220 e. The van der Waals surface area contributed by atoms with Gasteiger partial charge in [-0.25, -0.2) is 14.4 Å². The van der Waals surface area contributed by atoms with Gasteiger partial charge in [-0.2, -0.15) is 5.10 Å². The Balaban J connectivity index is 1.49. The number of aromatic amines is 1. The first-order valence-electron chi connectivity index (χ1n) is 11.1. The van der Waals surface area contributed by atoms with E-state index in [0.717, 1.165) is 24.0 Å². The molecule has 3 aromatic heterocycles. The Morgan fingerprint density at radius 3 is 2.73 bits per heavy atom. The Hall–Kier alpha value is -3.55. The second-order valence-corrected chi connectivity index (χ2v) is 9.54. The number of carbonyl (C=O) groups is 1. The number of amides is 1. The number of nitrogens with one attached hydrogen (secondary N) is 2. The van der Waals surface area contributed by atoms with E-state index in [1.807, 2.05) is 25.4 Å². The maximum atomic E-state index is 14.9. The summed E-state index contributed by atoms with van der Waals surface area (Å²) in [5, 5.41) is 7.00. The molecule has 1 aromatic carbocycles. The summed E-state index contributed by atoms with van der Waals surface area (Å²) < 4.78 is 16.6. The van der Waals surface area contributed by atoms with Crippen molar-refractivity contribution < 1.29 is 9.18 Å². The standard InChI is InChI=1S/C25H29FN6O/c1-25(2,3)10-5-6-21(33)28-13-17-8-7-16(12-20(17)26)19-9-11-27-24-22(19)30-23(31-24)18-14-29-32(4)15-18/h7-9,11-12,14-15H,5-6,10,13H2,1-4H3,(H,28,33)(H,27,30,31). The molecule has 8 heteroatoms. The third kappa shape index (κ3) is 5.45. The number of nitrogens with zero attached hydrogens (tertiary/aromatic N) is 4. The van der Waals surface area contributed by atoms with Crippen LogP contribution in [0.5, 0.6) is 0 Å². The summed E-state index contributed by atoms with van der Waals surface area (Å²) in [5.41, 5.74) is 4.27. The lowest BCUT2D eigenvalue weighted by Gasteiger charge is -2.17. The number of carbonyl (C=O) groups excluding carboxylic acids is 1. The van der Waals surface area contributed by atoms with Crippen LogP contribution < -0.4 is 5.32 Å². The van der Waals surface area contributed by atoms with Gasteiger partial charge < -0.3 is 10.3 Å². The summed E-state index contributed by atoms with van der Waals surface area (Å²) in [5.74, 6) is 0.234. The molecule has 0 aliphatic rings. The molecule has 0 bridgehead atoms.